The second-order valence-corrected chi connectivity index (χ2v) is 5.15. The molecule has 3 nitrogen and oxygen atoms in total. The third-order valence-corrected chi connectivity index (χ3v) is 3.48. The molecule has 0 fully saturated rings. The fourth-order valence-electron chi connectivity index (χ4n) is 1.66. The minimum atomic E-state index is -0.565. The van der Waals surface area contributed by atoms with Crippen LogP contribution in [0.3, 0.4) is 0 Å². The summed E-state index contributed by atoms with van der Waals surface area (Å²) in [5.41, 5.74) is 5.82. The number of halogens is 1. The second-order valence-electron chi connectivity index (χ2n) is 4.23. The fourth-order valence-corrected chi connectivity index (χ4v) is 2.38. The summed E-state index contributed by atoms with van der Waals surface area (Å²) in [6.07, 6.45) is 2.79. The molecule has 1 unspecified atom stereocenters. The van der Waals surface area contributed by atoms with Gasteiger partial charge in [0.2, 0.25) is 0 Å². The van der Waals surface area contributed by atoms with Crippen molar-refractivity contribution in [3.05, 3.63) is 35.1 Å². The molecule has 1 aromatic rings. The number of nitrogens with two attached hydrogens (primary N) is 1. The maximum Gasteiger partial charge on any atom is 0.254 e. The molecule has 0 spiro atoms. The van der Waals surface area contributed by atoms with E-state index in [0.717, 1.165) is 12.2 Å². The average Bonchev–Trinajstić information content (AvgIpc) is 2.44. The van der Waals surface area contributed by atoms with Gasteiger partial charge < -0.3 is 11.1 Å². The Kier molecular flexibility index (Phi) is 7.13. The molecule has 0 saturated carbocycles. The summed E-state index contributed by atoms with van der Waals surface area (Å²) in [5.74, 6) is 5.24. The van der Waals surface area contributed by atoms with E-state index >= 15 is 0 Å². The third-order valence-electron chi connectivity index (χ3n) is 2.74. The number of benzene rings is 1. The number of carbonyl (C=O) groups is 1. The van der Waals surface area contributed by atoms with E-state index in [1.165, 1.54) is 12.1 Å². The van der Waals surface area contributed by atoms with Gasteiger partial charge in [0, 0.05) is 17.4 Å². The van der Waals surface area contributed by atoms with Gasteiger partial charge in [0.25, 0.3) is 5.91 Å². The molecule has 0 aliphatic carbocycles. The molecule has 5 heteroatoms. The van der Waals surface area contributed by atoms with Crippen molar-refractivity contribution >= 4 is 17.7 Å². The SMILES string of the molecule is CCC(CSC)NC(=O)c1ccc(C#CCN)cc1F. The largest absolute Gasteiger partial charge is 0.348 e. The van der Waals surface area contributed by atoms with E-state index < -0.39 is 5.82 Å². The quantitative estimate of drug-likeness (QED) is 0.817. The first-order valence-electron chi connectivity index (χ1n) is 6.40. The molecule has 1 rings (SSSR count). The van der Waals surface area contributed by atoms with Crippen LogP contribution < -0.4 is 11.1 Å². The molecular formula is C15H19FN2OS. The smallest absolute Gasteiger partial charge is 0.254 e. The molecule has 0 bridgehead atoms. The minimum Gasteiger partial charge on any atom is -0.348 e. The van der Waals surface area contributed by atoms with Gasteiger partial charge in [0.1, 0.15) is 5.82 Å². The van der Waals surface area contributed by atoms with Gasteiger partial charge in [0.05, 0.1) is 12.1 Å². The highest BCUT2D eigenvalue weighted by atomic mass is 32.2. The molecule has 0 heterocycles. The van der Waals surface area contributed by atoms with E-state index in [-0.39, 0.29) is 24.1 Å². The van der Waals surface area contributed by atoms with Gasteiger partial charge in [-0.3, -0.25) is 4.79 Å². The van der Waals surface area contributed by atoms with Crippen LogP contribution in [-0.2, 0) is 0 Å². The van der Waals surface area contributed by atoms with Gasteiger partial charge in [-0.05, 0) is 30.9 Å². The molecule has 108 valence electrons. The van der Waals surface area contributed by atoms with Gasteiger partial charge in [-0.2, -0.15) is 11.8 Å². The van der Waals surface area contributed by atoms with Crippen molar-refractivity contribution in [1.29, 1.82) is 0 Å². The highest BCUT2D eigenvalue weighted by Gasteiger charge is 2.15. The Labute approximate surface area is 123 Å². The van der Waals surface area contributed by atoms with E-state index in [2.05, 4.69) is 17.2 Å². The predicted octanol–water partition coefficient (Wildman–Crippen LogP) is 2.01. The predicted molar refractivity (Wildman–Crippen MR) is 82.3 cm³/mol. The van der Waals surface area contributed by atoms with Gasteiger partial charge in [0.15, 0.2) is 0 Å². The van der Waals surface area contributed by atoms with Gasteiger partial charge in [-0.1, -0.05) is 18.8 Å². The molecule has 0 aromatic heterocycles. The normalized spacial score (nSPS) is 11.4. The summed E-state index contributed by atoms with van der Waals surface area (Å²) >= 11 is 1.65. The number of hydrogen-bond acceptors (Lipinski definition) is 3. The van der Waals surface area contributed by atoms with Crippen molar-refractivity contribution in [3.63, 3.8) is 0 Å². The molecule has 1 aromatic carbocycles. The molecule has 0 saturated heterocycles. The monoisotopic (exact) mass is 294 g/mol. The number of carbonyl (C=O) groups excluding carboxylic acids is 1. The minimum absolute atomic E-state index is 0.0443. The Morgan fingerprint density at radius 3 is 2.85 bits per heavy atom. The topological polar surface area (TPSA) is 55.1 Å². The van der Waals surface area contributed by atoms with Crippen LogP contribution in [0.5, 0.6) is 0 Å². The zero-order chi connectivity index (χ0) is 15.0. The summed E-state index contributed by atoms with van der Waals surface area (Å²) in [6, 6.07) is 4.38. The highest BCUT2D eigenvalue weighted by Crippen LogP contribution is 2.11. The summed E-state index contributed by atoms with van der Waals surface area (Å²) in [5, 5.41) is 2.83. The van der Waals surface area contributed by atoms with Crippen LogP contribution in [0.15, 0.2) is 18.2 Å². The van der Waals surface area contributed by atoms with Crippen LogP contribution in [0.1, 0.15) is 29.3 Å². The lowest BCUT2D eigenvalue weighted by Gasteiger charge is -2.16. The van der Waals surface area contributed by atoms with Crippen LogP contribution in [0.2, 0.25) is 0 Å². The van der Waals surface area contributed by atoms with Crippen LogP contribution in [-0.4, -0.2) is 30.5 Å². The molecule has 0 aliphatic heterocycles. The third kappa shape index (κ3) is 4.87. The maximum absolute atomic E-state index is 13.9. The summed E-state index contributed by atoms with van der Waals surface area (Å²) < 4.78 is 13.9. The second kappa shape index (κ2) is 8.62. The van der Waals surface area contributed by atoms with E-state index in [1.807, 2.05) is 13.2 Å². The summed E-state index contributed by atoms with van der Waals surface area (Å²) in [6.45, 7) is 2.21. The van der Waals surface area contributed by atoms with Crippen molar-refractivity contribution in [3.8, 4) is 11.8 Å². The molecule has 1 atom stereocenters. The Bertz CT molecular complexity index is 522. The average molecular weight is 294 g/mol. The Morgan fingerprint density at radius 1 is 1.55 bits per heavy atom. The first kappa shape index (κ1) is 16.5. The number of rotatable bonds is 5. The van der Waals surface area contributed by atoms with Crippen molar-refractivity contribution in [2.45, 2.75) is 19.4 Å². The summed E-state index contributed by atoms with van der Waals surface area (Å²) in [7, 11) is 0. The lowest BCUT2D eigenvalue weighted by atomic mass is 10.1. The molecule has 0 radical (unpaired) electrons. The van der Waals surface area contributed by atoms with Crippen LogP contribution in [0, 0.1) is 17.7 Å². The fraction of sp³-hybridized carbons (Fsp3) is 0.400. The molecule has 3 N–H and O–H groups in total. The Morgan fingerprint density at radius 2 is 2.30 bits per heavy atom. The first-order chi connectivity index (χ1) is 9.62. The lowest BCUT2D eigenvalue weighted by molar-refractivity contribution is 0.0936. The first-order valence-corrected chi connectivity index (χ1v) is 7.80. The maximum atomic E-state index is 13.9. The molecule has 0 aliphatic rings. The molecule has 1 amide bonds. The number of nitrogens with one attached hydrogen (secondary N) is 1. The van der Waals surface area contributed by atoms with Crippen molar-refractivity contribution in [2.24, 2.45) is 5.73 Å². The standard InChI is InChI=1S/C15H19FN2OS/c1-3-12(10-20-2)18-15(19)13-7-6-11(5-4-8-17)9-14(13)16/h6-7,9,12H,3,8,10,17H2,1-2H3,(H,18,19). The van der Waals surface area contributed by atoms with Gasteiger partial charge >= 0.3 is 0 Å². The Hall–Kier alpha value is -1.51. The van der Waals surface area contributed by atoms with E-state index in [0.29, 0.717) is 5.56 Å². The van der Waals surface area contributed by atoms with Crippen molar-refractivity contribution < 1.29 is 9.18 Å². The van der Waals surface area contributed by atoms with E-state index in [1.54, 1.807) is 17.8 Å². The lowest BCUT2D eigenvalue weighted by Crippen LogP contribution is -2.36. The molecule has 20 heavy (non-hydrogen) atoms. The van der Waals surface area contributed by atoms with E-state index in [9.17, 15) is 9.18 Å². The van der Waals surface area contributed by atoms with Crippen molar-refractivity contribution in [2.75, 3.05) is 18.6 Å². The number of hydrogen-bond donors (Lipinski definition) is 2. The van der Waals surface area contributed by atoms with Gasteiger partial charge in [-0.25, -0.2) is 4.39 Å². The highest BCUT2D eigenvalue weighted by molar-refractivity contribution is 7.98. The number of thioether (sulfide) groups is 1. The number of amides is 1. The van der Waals surface area contributed by atoms with E-state index in [4.69, 9.17) is 5.73 Å². The Balaban J connectivity index is 2.83. The van der Waals surface area contributed by atoms with Crippen molar-refractivity contribution in [1.82, 2.24) is 5.32 Å². The summed E-state index contributed by atoms with van der Waals surface area (Å²) in [4.78, 5) is 12.0. The zero-order valence-electron chi connectivity index (χ0n) is 11.7. The van der Waals surface area contributed by atoms with Crippen LogP contribution in [0.25, 0.3) is 0 Å². The zero-order valence-corrected chi connectivity index (χ0v) is 12.5. The molecular weight excluding hydrogens is 275 g/mol. The van der Waals surface area contributed by atoms with Crippen LogP contribution in [0.4, 0.5) is 4.39 Å². The van der Waals surface area contributed by atoms with Crippen LogP contribution >= 0.6 is 11.8 Å². The van der Waals surface area contributed by atoms with Gasteiger partial charge in [-0.15, -0.1) is 0 Å².